The Morgan fingerprint density at radius 1 is 1.12 bits per heavy atom. The predicted molar refractivity (Wildman–Crippen MR) is 93.3 cm³/mol. The van der Waals surface area contributed by atoms with E-state index in [2.05, 4.69) is 0 Å². The van der Waals surface area contributed by atoms with Crippen LogP contribution < -0.4 is 4.74 Å². The number of carbonyl (C=O) groups is 1. The first-order valence-corrected chi connectivity index (χ1v) is 9.49. The van der Waals surface area contributed by atoms with Crippen molar-refractivity contribution in [1.29, 1.82) is 0 Å². The number of ether oxygens (including phenoxy) is 1. The summed E-state index contributed by atoms with van der Waals surface area (Å²) in [5, 5.41) is 9.35. The third kappa shape index (κ3) is 3.42. The van der Waals surface area contributed by atoms with Gasteiger partial charge in [-0.15, -0.1) is 0 Å². The van der Waals surface area contributed by atoms with Gasteiger partial charge in [-0.1, -0.05) is 6.07 Å². The first kappa shape index (κ1) is 18.3. The zero-order chi connectivity index (χ0) is 18.9. The van der Waals surface area contributed by atoms with Crippen molar-refractivity contribution in [2.45, 2.75) is 17.7 Å². The van der Waals surface area contributed by atoms with E-state index >= 15 is 0 Å². The van der Waals surface area contributed by atoms with Crippen molar-refractivity contribution in [3.8, 4) is 16.9 Å². The van der Waals surface area contributed by atoms with Gasteiger partial charge in [0.05, 0.1) is 17.6 Å². The van der Waals surface area contributed by atoms with Crippen LogP contribution in [-0.4, -0.2) is 44.0 Å². The van der Waals surface area contributed by atoms with Crippen molar-refractivity contribution in [3.05, 3.63) is 47.8 Å². The first-order chi connectivity index (χ1) is 12.3. The summed E-state index contributed by atoms with van der Waals surface area (Å²) in [5.41, 5.74) is 0.505. The Labute approximate surface area is 150 Å². The maximum Gasteiger partial charge on any atom is 0.335 e. The summed E-state index contributed by atoms with van der Waals surface area (Å²) in [6, 6.07) is 7.99. The maximum absolute atomic E-state index is 14.0. The molecule has 0 atom stereocenters. The fraction of sp³-hybridized carbons (Fsp3) is 0.278. The van der Waals surface area contributed by atoms with Gasteiger partial charge < -0.3 is 9.84 Å². The van der Waals surface area contributed by atoms with Crippen molar-refractivity contribution in [3.63, 3.8) is 0 Å². The highest BCUT2D eigenvalue weighted by Gasteiger charge is 2.28. The SMILES string of the molecule is COc1ccc(-c2cc(C(=O)O)cc(S(=O)(=O)N3CCCC3)c2)cc1F. The number of nitrogens with zero attached hydrogens (tertiary/aromatic N) is 1. The molecule has 1 N–H and O–H groups in total. The predicted octanol–water partition coefficient (Wildman–Crippen LogP) is 2.98. The lowest BCUT2D eigenvalue weighted by molar-refractivity contribution is 0.0696. The van der Waals surface area contributed by atoms with Crippen molar-refractivity contribution < 1.29 is 27.4 Å². The second-order valence-corrected chi connectivity index (χ2v) is 7.95. The van der Waals surface area contributed by atoms with E-state index < -0.39 is 21.8 Å². The minimum absolute atomic E-state index is 0.0491. The Hall–Kier alpha value is -2.45. The minimum atomic E-state index is -3.80. The van der Waals surface area contributed by atoms with Crippen LogP contribution >= 0.6 is 0 Å². The largest absolute Gasteiger partial charge is 0.494 e. The van der Waals surface area contributed by atoms with Gasteiger partial charge in [-0.3, -0.25) is 0 Å². The fourth-order valence-corrected chi connectivity index (χ4v) is 4.55. The van der Waals surface area contributed by atoms with Crippen LogP contribution in [0.2, 0.25) is 0 Å². The molecule has 8 heteroatoms. The van der Waals surface area contributed by atoms with Crippen LogP contribution in [0.5, 0.6) is 5.75 Å². The summed E-state index contributed by atoms with van der Waals surface area (Å²) < 4.78 is 45.8. The number of carboxylic acid groups (broad SMARTS) is 1. The van der Waals surface area contributed by atoms with Gasteiger partial charge in [-0.25, -0.2) is 17.6 Å². The van der Waals surface area contributed by atoms with E-state index in [-0.39, 0.29) is 16.2 Å². The molecule has 0 spiro atoms. The number of hydrogen-bond donors (Lipinski definition) is 1. The van der Waals surface area contributed by atoms with Crippen LogP contribution in [-0.2, 0) is 10.0 Å². The minimum Gasteiger partial charge on any atom is -0.494 e. The molecule has 0 amide bonds. The third-order valence-corrected chi connectivity index (χ3v) is 6.22. The Morgan fingerprint density at radius 2 is 1.81 bits per heavy atom. The average Bonchev–Trinajstić information content (AvgIpc) is 3.16. The van der Waals surface area contributed by atoms with E-state index in [1.54, 1.807) is 6.07 Å². The lowest BCUT2D eigenvalue weighted by atomic mass is 10.0. The van der Waals surface area contributed by atoms with Gasteiger partial charge in [0.15, 0.2) is 11.6 Å². The monoisotopic (exact) mass is 379 g/mol. The molecule has 2 aromatic rings. The molecule has 1 heterocycles. The second kappa shape index (κ2) is 7.05. The summed E-state index contributed by atoms with van der Waals surface area (Å²) in [6.07, 6.45) is 1.54. The lowest BCUT2D eigenvalue weighted by Gasteiger charge is -2.17. The lowest BCUT2D eigenvalue weighted by Crippen LogP contribution is -2.28. The molecule has 0 bridgehead atoms. The van der Waals surface area contributed by atoms with Crippen LogP contribution in [0, 0.1) is 5.82 Å². The van der Waals surface area contributed by atoms with E-state index in [1.165, 1.54) is 35.7 Å². The molecule has 3 rings (SSSR count). The van der Waals surface area contributed by atoms with E-state index in [1.807, 2.05) is 0 Å². The summed E-state index contributed by atoms with van der Waals surface area (Å²) in [4.78, 5) is 11.3. The number of sulfonamides is 1. The highest BCUT2D eigenvalue weighted by Crippen LogP contribution is 2.30. The standard InChI is InChI=1S/C18H18FNO5S/c1-25-17-5-4-12(11-16(17)19)13-8-14(18(21)22)10-15(9-13)26(23,24)20-6-2-3-7-20/h4-5,8-11H,2-3,6-7H2,1H3,(H,21,22). The molecule has 1 saturated heterocycles. The summed E-state index contributed by atoms with van der Waals surface area (Å²) >= 11 is 0. The fourth-order valence-electron chi connectivity index (χ4n) is 2.96. The quantitative estimate of drug-likeness (QED) is 0.863. The van der Waals surface area contributed by atoms with E-state index in [9.17, 15) is 22.7 Å². The molecule has 26 heavy (non-hydrogen) atoms. The van der Waals surface area contributed by atoms with Gasteiger partial charge >= 0.3 is 5.97 Å². The van der Waals surface area contributed by atoms with Gasteiger partial charge in [0.25, 0.3) is 0 Å². The topological polar surface area (TPSA) is 83.9 Å². The van der Waals surface area contributed by atoms with Crippen LogP contribution in [0.4, 0.5) is 4.39 Å². The molecule has 0 aliphatic carbocycles. The van der Waals surface area contributed by atoms with E-state index in [4.69, 9.17) is 4.74 Å². The second-order valence-electron chi connectivity index (χ2n) is 6.01. The zero-order valence-corrected chi connectivity index (χ0v) is 14.9. The van der Waals surface area contributed by atoms with Crippen LogP contribution in [0.25, 0.3) is 11.1 Å². The van der Waals surface area contributed by atoms with Gasteiger partial charge in [-0.05, 0) is 54.3 Å². The Morgan fingerprint density at radius 3 is 2.38 bits per heavy atom. The molecule has 0 radical (unpaired) electrons. The van der Waals surface area contributed by atoms with Crippen molar-refractivity contribution >= 4 is 16.0 Å². The smallest absolute Gasteiger partial charge is 0.335 e. The summed E-state index contributed by atoms with van der Waals surface area (Å²) in [7, 11) is -2.46. The van der Waals surface area contributed by atoms with Crippen LogP contribution in [0.1, 0.15) is 23.2 Å². The molecule has 1 aliphatic rings. The normalized spacial score (nSPS) is 15.2. The number of halogens is 1. The molecular formula is C18H18FNO5S. The van der Waals surface area contributed by atoms with Gasteiger partial charge in [0.1, 0.15) is 0 Å². The number of benzene rings is 2. The number of hydrogen-bond acceptors (Lipinski definition) is 4. The van der Waals surface area contributed by atoms with Crippen molar-refractivity contribution in [2.24, 2.45) is 0 Å². The number of carboxylic acids is 1. The van der Waals surface area contributed by atoms with E-state index in [0.717, 1.165) is 18.9 Å². The van der Waals surface area contributed by atoms with Gasteiger partial charge in [-0.2, -0.15) is 4.31 Å². The highest BCUT2D eigenvalue weighted by atomic mass is 32.2. The number of aromatic carboxylic acids is 1. The molecule has 0 unspecified atom stereocenters. The molecule has 2 aromatic carbocycles. The molecular weight excluding hydrogens is 361 g/mol. The molecule has 1 aliphatic heterocycles. The van der Waals surface area contributed by atoms with Gasteiger partial charge in [0, 0.05) is 13.1 Å². The summed E-state index contributed by atoms with van der Waals surface area (Å²) in [6.45, 7) is 0.818. The molecule has 0 saturated carbocycles. The van der Waals surface area contributed by atoms with Gasteiger partial charge in [0.2, 0.25) is 10.0 Å². The Kier molecular flexibility index (Phi) is 4.97. The third-order valence-electron chi connectivity index (χ3n) is 4.34. The molecule has 1 fully saturated rings. The Bertz CT molecular complexity index is 952. The Balaban J connectivity index is 2.13. The van der Waals surface area contributed by atoms with Crippen molar-refractivity contribution in [1.82, 2.24) is 4.31 Å². The van der Waals surface area contributed by atoms with E-state index in [0.29, 0.717) is 24.2 Å². The molecule has 0 aromatic heterocycles. The summed E-state index contributed by atoms with van der Waals surface area (Å²) in [5.74, 6) is -1.82. The number of rotatable bonds is 5. The van der Waals surface area contributed by atoms with Crippen LogP contribution in [0.15, 0.2) is 41.3 Å². The molecule has 6 nitrogen and oxygen atoms in total. The highest BCUT2D eigenvalue weighted by molar-refractivity contribution is 7.89. The van der Waals surface area contributed by atoms with Crippen LogP contribution in [0.3, 0.4) is 0 Å². The average molecular weight is 379 g/mol. The van der Waals surface area contributed by atoms with Crippen molar-refractivity contribution in [2.75, 3.05) is 20.2 Å². The molecule has 138 valence electrons. The number of methoxy groups -OCH3 is 1. The zero-order valence-electron chi connectivity index (χ0n) is 14.1. The first-order valence-electron chi connectivity index (χ1n) is 8.05. The maximum atomic E-state index is 14.0.